The molecule has 172 valence electrons. The summed E-state index contributed by atoms with van der Waals surface area (Å²) in [5.41, 5.74) is 3.22. The molecule has 5 rings (SSSR count). The van der Waals surface area contributed by atoms with Crippen molar-refractivity contribution in [3.63, 3.8) is 0 Å². The van der Waals surface area contributed by atoms with Gasteiger partial charge in [-0.1, -0.05) is 35.9 Å². The van der Waals surface area contributed by atoms with Gasteiger partial charge in [0.1, 0.15) is 0 Å². The van der Waals surface area contributed by atoms with Gasteiger partial charge in [0.15, 0.2) is 5.69 Å². The van der Waals surface area contributed by atoms with Crippen LogP contribution in [0.4, 0.5) is 24.5 Å². The highest BCUT2D eigenvalue weighted by atomic mass is 35.5. The predicted octanol–water partition coefficient (Wildman–Crippen LogP) is 6.43. The van der Waals surface area contributed by atoms with Gasteiger partial charge in [-0.15, -0.1) is 0 Å². The number of anilines is 2. The van der Waals surface area contributed by atoms with E-state index >= 15 is 0 Å². The number of carbonyl (C=O) groups excluding carboxylic acids is 1. The van der Waals surface area contributed by atoms with E-state index in [-0.39, 0.29) is 16.6 Å². The minimum atomic E-state index is -4.62. The summed E-state index contributed by atoms with van der Waals surface area (Å²) in [6.45, 7) is 0.870. The van der Waals surface area contributed by atoms with Crippen LogP contribution >= 0.6 is 11.6 Å². The molecule has 9 heteroatoms. The molecule has 0 saturated carbocycles. The molecule has 0 aliphatic carbocycles. The Balaban J connectivity index is 1.44. The number of rotatable bonds is 4. The van der Waals surface area contributed by atoms with E-state index in [0.29, 0.717) is 22.5 Å². The van der Waals surface area contributed by atoms with Gasteiger partial charge in [-0.25, -0.2) is 4.68 Å². The normalized spacial score (nSPS) is 12.8. The first-order valence-corrected chi connectivity index (χ1v) is 10.9. The minimum absolute atomic E-state index is 0.207. The fraction of sp³-hybridized carbons (Fsp3) is 0.120. The zero-order valence-electron chi connectivity index (χ0n) is 17.7. The summed E-state index contributed by atoms with van der Waals surface area (Å²) in [6.07, 6.45) is -3.72. The largest absolute Gasteiger partial charge is 0.435 e. The van der Waals surface area contributed by atoms with E-state index < -0.39 is 11.9 Å². The first kappa shape index (κ1) is 22.0. The summed E-state index contributed by atoms with van der Waals surface area (Å²) in [7, 11) is 0. The molecule has 0 spiro atoms. The molecule has 1 aliphatic rings. The second-order valence-electron chi connectivity index (χ2n) is 7.86. The molecule has 5 nitrogen and oxygen atoms in total. The van der Waals surface area contributed by atoms with Crippen molar-refractivity contribution in [1.82, 2.24) is 9.78 Å². The average molecular weight is 483 g/mol. The van der Waals surface area contributed by atoms with Crippen LogP contribution in [0.1, 0.15) is 21.6 Å². The van der Waals surface area contributed by atoms with Crippen molar-refractivity contribution in [2.75, 3.05) is 17.2 Å². The molecular formula is C25H18ClF3N4O. The Morgan fingerprint density at radius 1 is 1.03 bits per heavy atom. The summed E-state index contributed by atoms with van der Waals surface area (Å²) < 4.78 is 41.4. The number of nitrogens with zero attached hydrogens (tertiary/aromatic N) is 2. The van der Waals surface area contributed by atoms with Crippen molar-refractivity contribution in [3.8, 4) is 16.9 Å². The Kier molecular flexibility index (Phi) is 5.53. The van der Waals surface area contributed by atoms with Gasteiger partial charge in [0.05, 0.1) is 16.4 Å². The number of aromatic nitrogens is 2. The van der Waals surface area contributed by atoms with E-state index in [2.05, 4.69) is 15.7 Å². The lowest BCUT2D eigenvalue weighted by atomic mass is 10.1. The lowest BCUT2D eigenvalue weighted by Gasteiger charge is -2.10. The smallest absolute Gasteiger partial charge is 0.384 e. The molecule has 0 fully saturated rings. The number of halogens is 4. The number of fused-ring (bicyclic) bond motifs is 1. The van der Waals surface area contributed by atoms with Crippen molar-refractivity contribution >= 4 is 28.9 Å². The number of benzene rings is 3. The Bertz CT molecular complexity index is 1380. The highest BCUT2D eigenvalue weighted by Crippen LogP contribution is 2.34. The fourth-order valence-electron chi connectivity index (χ4n) is 3.91. The summed E-state index contributed by atoms with van der Waals surface area (Å²) in [5, 5.41) is 10.2. The van der Waals surface area contributed by atoms with Gasteiger partial charge in [-0.05, 0) is 60.5 Å². The molecule has 34 heavy (non-hydrogen) atoms. The second-order valence-corrected chi connectivity index (χ2v) is 8.26. The molecule has 1 aliphatic heterocycles. The van der Waals surface area contributed by atoms with Crippen LogP contribution in [0, 0.1) is 0 Å². The minimum Gasteiger partial charge on any atom is -0.384 e. The molecular weight excluding hydrogens is 465 g/mol. The van der Waals surface area contributed by atoms with Gasteiger partial charge >= 0.3 is 6.18 Å². The van der Waals surface area contributed by atoms with Crippen LogP contribution in [-0.2, 0) is 12.6 Å². The van der Waals surface area contributed by atoms with Crippen molar-refractivity contribution < 1.29 is 18.0 Å². The third-order valence-electron chi connectivity index (χ3n) is 5.60. The predicted molar refractivity (Wildman–Crippen MR) is 126 cm³/mol. The number of nitrogens with one attached hydrogen (secondary N) is 2. The van der Waals surface area contributed by atoms with Gasteiger partial charge in [-0.3, -0.25) is 4.79 Å². The van der Waals surface area contributed by atoms with E-state index in [1.165, 1.54) is 4.68 Å². The zero-order chi connectivity index (χ0) is 23.9. The molecule has 0 saturated heterocycles. The number of amides is 1. The van der Waals surface area contributed by atoms with Crippen LogP contribution < -0.4 is 10.6 Å². The Hall–Kier alpha value is -3.78. The van der Waals surface area contributed by atoms with E-state index in [0.717, 1.165) is 30.3 Å². The van der Waals surface area contributed by atoms with E-state index in [1.54, 1.807) is 48.5 Å². The van der Waals surface area contributed by atoms with Crippen LogP contribution in [-0.4, -0.2) is 22.2 Å². The highest BCUT2D eigenvalue weighted by molar-refractivity contribution is 6.32. The Morgan fingerprint density at radius 3 is 2.53 bits per heavy atom. The van der Waals surface area contributed by atoms with Gasteiger partial charge in [0.25, 0.3) is 5.91 Å². The standard InChI is InChI=1S/C25H18ClF3N4O/c26-19-3-1-2-4-21(19)33-22(14-23(32-33)25(27,28)29)15-5-7-16(8-6-15)24(34)31-18-9-10-20-17(13-18)11-12-30-20/h1-10,13-14,30H,11-12H2,(H,31,34). The molecule has 2 heterocycles. The number of carbonyl (C=O) groups is 1. The summed E-state index contributed by atoms with van der Waals surface area (Å²) in [4.78, 5) is 12.7. The average Bonchev–Trinajstić information content (AvgIpc) is 3.46. The maximum absolute atomic E-state index is 13.4. The Labute approximate surface area is 198 Å². The highest BCUT2D eigenvalue weighted by Gasteiger charge is 2.35. The van der Waals surface area contributed by atoms with E-state index in [4.69, 9.17) is 11.6 Å². The molecule has 4 aromatic rings. The van der Waals surface area contributed by atoms with Gasteiger partial charge in [0.2, 0.25) is 0 Å². The number of hydrogen-bond donors (Lipinski definition) is 2. The summed E-state index contributed by atoms with van der Waals surface area (Å²) in [6, 6.07) is 19.5. The molecule has 0 atom stereocenters. The number of alkyl halides is 3. The number of hydrogen-bond acceptors (Lipinski definition) is 3. The maximum Gasteiger partial charge on any atom is 0.435 e. The van der Waals surface area contributed by atoms with Crippen molar-refractivity contribution in [1.29, 1.82) is 0 Å². The van der Waals surface area contributed by atoms with Crippen molar-refractivity contribution in [2.24, 2.45) is 0 Å². The molecule has 3 aromatic carbocycles. The zero-order valence-corrected chi connectivity index (χ0v) is 18.4. The first-order valence-electron chi connectivity index (χ1n) is 10.5. The third kappa shape index (κ3) is 4.24. The van der Waals surface area contributed by atoms with Crippen LogP contribution in [0.3, 0.4) is 0 Å². The molecule has 0 radical (unpaired) electrons. The maximum atomic E-state index is 13.4. The van der Waals surface area contributed by atoms with E-state index in [9.17, 15) is 18.0 Å². The molecule has 0 bridgehead atoms. The number of para-hydroxylation sites is 1. The molecule has 1 amide bonds. The lowest BCUT2D eigenvalue weighted by molar-refractivity contribution is -0.141. The fourth-order valence-corrected chi connectivity index (χ4v) is 4.13. The van der Waals surface area contributed by atoms with Gasteiger partial charge < -0.3 is 10.6 Å². The van der Waals surface area contributed by atoms with Crippen molar-refractivity contribution in [2.45, 2.75) is 12.6 Å². The molecule has 0 unspecified atom stereocenters. The Morgan fingerprint density at radius 2 is 1.79 bits per heavy atom. The first-order chi connectivity index (χ1) is 16.3. The molecule has 2 N–H and O–H groups in total. The van der Waals surface area contributed by atoms with Crippen molar-refractivity contribution in [3.05, 3.63) is 94.6 Å². The van der Waals surface area contributed by atoms with Crippen LogP contribution in [0.25, 0.3) is 16.9 Å². The second kappa shape index (κ2) is 8.53. The summed E-state index contributed by atoms with van der Waals surface area (Å²) >= 11 is 6.22. The van der Waals surface area contributed by atoms with Crippen LogP contribution in [0.15, 0.2) is 72.8 Å². The van der Waals surface area contributed by atoms with Gasteiger partial charge in [0, 0.05) is 29.0 Å². The molecule has 1 aromatic heterocycles. The third-order valence-corrected chi connectivity index (χ3v) is 5.92. The lowest BCUT2D eigenvalue weighted by Crippen LogP contribution is -2.12. The monoisotopic (exact) mass is 482 g/mol. The van der Waals surface area contributed by atoms with Crippen LogP contribution in [0.2, 0.25) is 5.02 Å². The SMILES string of the molecule is O=C(Nc1ccc2c(c1)CCN2)c1ccc(-c2cc(C(F)(F)F)nn2-c2ccccc2Cl)cc1. The topological polar surface area (TPSA) is 59.0 Å². The quantitative estimate of drug-likeness (QED) is 0.352. The van der Waals surface area contributed by atoms with Gasteiger partial charge in [-0.2, -0.15) is 18.3 Å². The summed E-state index contributed by atoms with van der Waals surface area (Å²) in [5.74, 6) is -0.312. The van der Waals surface area contributed by atoms with Crippen LogP contribution in [0.5, 0.6) is 0 Å². The van der Waals surface area contributed by atoms with E-state index in [1.807, 2.05) is 18.2 Å².